The van der Waals surface area contributed by atoms with Crippen LogP contribution in [-0.4, -0.2) is 85.9 Å². The number of benzene rings is 3. The number of ether oxygens (including phenoxy) is 5. The van der Waals surface area contributed by atoms with E-state index >= 15 is 0 Å². The third-order valence-electron chi connectivity index (χ3n) is 12.6. The molecule has 3 aromatic carbocycles. The highest BCUT2D eigenvalue weighted by Gasteiger charge is 2.47. The molecule has 2 N–H and O–H groups in total. The second-order valence-corrected chi connectivity index (χ2v) is 23.9. The average Bonchev–Trinajstić information content (AvgIpc) is 3.87. The maximum absolute atomic E-state index is 13.1. The molecule has 2 fully saturated rings. The van der Waals surface area contributed by atoms with Gasteiger partial charge in [-0.05, 0) is 66.0 Å². The number of aromatic nitrogens is 4. The van der Waals surface area contributed by atoms with Crippen LogP contribution >= 0.6 is 8.38 Å². The number of hydrogen-bond donors (Lipinski definition) is 2. The molecule has 2 saturated heterocycles. The third kappa shape index (κ3) is 10.5. The molecular formula is C47H59N4O12PSi. The summed E-state index contributed by atoms with van der Waals surface area (Å²) in [6.45, 7) is 14.3. The zero-order valence-electron chi connectivity index (χ0n) is 38.3. The summed E-state index contributed by atoms with van der Waals surface area (Å²) in [6.07, 6.45) is -0.367. The first-order valence-electron chi connectivity index (χ1n) is 21.6. The van der Waals surface area contributed by atoms with Crippen LogP contribution in [-0.2, 0) is 33.3 Å². The molecule has 18 heteroatoms. The quantitative estimate of drug-likeness (QED) is 0.0571. The molecule has 0 aliphatic carbocycles. The van der Waals surface area contributed by atoms with Crippen molar-refractivity contribution in [2.75, 3.05) is 34.1 Å². The van der Waals surface area contributed by atoms with Gasteiger partial charge in [0.2, 0.25) is 0 Å². The highest BCUT2D eigenvalue weighted by Crippen LogP contribution is 2.47. The molecule has 348 valence electrons. The Morgan fingerprint density at radius 3 is 1.83 bits per heavy atom. The fraction of sp³-hybridized carbons (Fsp3) is 0.447. The van der Waals surface area contributed by atoms with Crippen molar-refractivity contribution in [1.29, 1.82) is 0 Å². The van der Waals surface area contributed by atoms with Crippen LogP contribution in [0.1, 0.15) is 68.3 Å². The fourth-order valence-corrected chi connectivity index (χ4v) is 10.3. The van der Waals surface area contributed by atoms with Gasteiger partial charge in [0, 0.05) is 43.5 Å². The Kier molecular flexibility index (Phi) is 14.7. The van der Waals surface area contributed by atoms with E-state index in [0.29, 0.717) is 23.5 Å². The molecule has 2 aliphatic rings. The summed E-state index contributed by atoms with van der Waals surface area (Å²) < 4.78 is 54.2. The van der Waals surface area contributed by atoms with Crippen molar-refractivity contribution in [1.82, 2.24) is 19.1 Å². The van der Waals surface area contributed by atoms with E-state index in [-0.39, 0.29) is 24.7 Å². The van der Waals surface area contributed by atoms with E-state index in [1.807, 2.05) is 85.5 Å². The Balaban J connectivity index is 1.17. The van der Waals surface area contributed by atoms with Crippen LogP contribution in [0.25, 0.3) is 0 Å². The monoisotopic (exact) mass is 930 g/mol. The largest absolute Gasteiger partial charge is 0.497 e. The Morgan fingerprint density at radius 2 is 1.26 bits per heavy atom. The van der Waals surface area contributed by atoms with Gasteiger partial charge in [-0.25, -0.2) is 9.59 Å². The molecule has 65 heavy (non-hydrogen) atoms. The lowest BCUT2D eigenvalue weighted by Crippen LogP contribution is -2.46. The summed E-state index contributed by atoms with van der Waals surface area (Å²) in [5.74, 6) is 1.36. The zero-order chi connectivity index (χ0) is 46.7. The lowest BCUT2D eigenvalue weighted by Gasteiger charge is -2.39. The number of aryl methyl sites for hydroxylation is 1. The van der Waals surface area contributed by atoms with Gasteiger partial charge in [0.25, 0.3) is 11.1 Å². The summed E-state index contributed by atoms with van der Waals surface area (Å²) in [5, 5.41) is -0.106. The van der Waals surface area contributed by atoms with Crippen LogP contribution in [0.2, 0.25) is 18.1 Å². The van der Waals surface area contributed by atoms with Gasteiger partial charge in [0.05, 0.1) is 39.6 Å². The topological polar surface area (TPSA) is 184 Å². The van der Waals surface area contributed by atoms with Crippen molar-refractivity contribution in [2.24, 2.45) is 0 Å². The van der Waals surface area contributed by atoms with Gasteiger partial charge in [-0.1, -0.05) is 75.4 Å². The number of nitrogens with one attached hydrogen (secondary N) is 2. The molecule has 5 aromatic rings. The van der Waals surface area contributed by atoms with Gasteiger partial charge in [0.1, 0.15) is 41.8 Å². The average molecular weight is 931 g/mol. The molecule has 0 saturated carbocycles. The zero-order valence-corrected chi connectivity index (χ0v) is 40.2. The minimum Gasteiger partial charge on any atom is -0.497 e. The van der Waals surface area contributed by atoms with Gasteiger partial charge < -0.3 is 37.2 Å². The van der Waals surface area contributed by atoms with Crippen LogP contribution < -0.4 is 32.0 Å². The number of H-pyrrole nitrogens is 2. The lowest BCUT2D eigenvalue weighted by molar-refractivity contribution is -0.0921. The van der Waals surface area contributed by atoms with Crippen LogP contribution in [0.15, 0.2) is 117 Å². The number of rotatable bonds is 17. The Bertz CT molecular complexity index is 2580. The molecule has 16 nitrogen and oxygen atoms in total. The second-order valence-electron chi connectivity index (χ2n) is 17.8. The van der Waals surface area contributed by atoms with E-state index in [4.69, 9.17) is 37.2 Å². The van der Waals surface area contributed by atoms with Crippen LogP contribution in [0.5, 0.6) is 11.5 Å². The molecule has 7 rings (SSSR count). The van der Waals surface area contributed by atoms with E-state index in [1.165, 1.54) is 27.6 Å². The van der Waals surface area contributed by atoms with E-state index in [9.17, 15) is 19.2 Å². The van der Waals surface area contributed by atoms with Gasteiger partial charge in [0.15, 0.2) is 16.7 Å². The summed E-state index contributed by atoms with van der Waals surface area (Å²) in [5.41, 5.74) is -0.459. The van der Waals surface area contributed by atoms with E-state index < -0.39 is 81.7 Å². The smallest absolute Gasteiger partial charge is 0.330 e. The van der Waals surface area contributed by atoms with Gasteiger partial charge >= 0.3 is 11.4 Å². The predicted octanol–water partition coefficient (Wildman–Crippen LogP) is 6.73. The molecule has 7 atom stereocenters. The van der Waals surface area contributed by atoms with Crippen LogP contribution in [0.3, 0.4) is 0 Å². The highest BCUT2D eigenvalue weighted by atomic mass is 31.2. The summed E-state index contributed by atoms with van der Waals surface area (Å²) in [7, 11) is -0.720. The number of aromatic amines is 2. The van der Waals surface area contributed by atoms with E-state index in [2.05, 4.69) is 43.8 Å². The Hall–Kier alpha value is -4.97. The van der Waals surface area contributed by atoms with E-state index in [0.717, 1.165) is 16.7 Å². The maximum atomic E-state index is 13.1. The van der Waals surface area contributed by atoms with E-state index in [1.54, 1.807) is 21.1 Å². The van der Waals surface area contributed by atoms with Gasteiger partial charge in [-0.3, -0.25) is 28.7 Å². The van der Waals surface area contributed by atoms with Gasteiger partial charge in [-0.2, -0.15) is 0 Å². The van der Waals surface area contributed by atoms with Gasteiger partial charge in [-0.15, -0.1) is 0 Å². The Labute approximate surface area is 379 Å². The molecule has 0 bridgehead atoms. The molecule has 1 unspecified atom stereocenters. The van der Waals surface area contributed by atoms with Crippen molar-refractivity contribution < 1.29 is 37.2 Å². The standard InChI is InChI=1S/C47H59N4O12PSi/c1-30-27-51(45(55)49-43(30)53)42-26-37(63-65(8,9)46(2,3)4)39(61-42)29-59-64(7)62-36-25-41(50-24-23-40(52)48-44(50)54)60-38(36)28-58-47(31-13-11-10-12-14-31,32-15-19-34(56-5)20-16-32)33-17-21-35(57-6)22-18-33/h10-24,27,36-39,41-42H,25-26,28-29H2,1-9H3,(H,48,52,54)(H,49,53,55)/t36-,37-,38+,39+,41+,42+,64?/m0/s1. The predicted molar refractivity (Wildman–Crippen MR) is 248 cm³/mol. The minimum atomic E-state index is -2.33. The molecular weight excluding hydrogens is 872 g/mol. The first-order valence-corrected chi connectivity index (χ1v) is 26.1. The Morgan fingerprint density at radius 1 is 0.723 bits per heavy atom. The first-order chi connectivity index (χ1) is 30.9. The minimum absolute atomic E-state index is 0.00141. The number of methoxy groups -OCH3 is 2. The highest BCUT2D eigenvalue weighted by molar-refractivity contribution is 7.46. The molecule has 2 aliphatic heterocycles. The maximum Gasteiger partial charge on any atom is 0.330 e. The van der Waals surface area contributed by atoms with Crippen LogP contribution in [0.4, 0.5) is 0 Å². The van der Waals surface area contributed by atoms with Crippen molar-refractivity contribution in [3.05, 3.63) is 161 Å². The molecule has 0 radical (unpaired) electrons. The van der Waals surface area contributed by atoms with Crippen molar-refractivity contribution in [3.63, 3.8) is 0 Å². The first kappa shape index (κ1) is 48.0. The molecule has 2 aromatic heterocycles. The SMILES string of the molecule is COc1ccc(C(OC[C@H]2O[C@@H](n3ccc(=O)[nH]c3=O)C[C@@H]2OP(C)OC[C@H]2O[C@@H](n3cc(C)c(=O)[nH]c3=O)C[C@@H]2O[Si](C)(C)C(C)(C)C)(c2ccccc2)c2ccc(OC)cc2)cc1. The van der Waals surface area contributed by atoms with Crippen molar-refractivity contribution >= 4 is 16.7 Å². The summed E-state index contributed by atoms with van der Waals surface area (Å²) in [4.78, 5) is 55.1. The molecule has 4 heterocycles. The fourth-order valence-electron chi connectivity index (χ4n) is 7.97. The normalized spacial score (nSPS) is 21.9. The lowest BCUT2D eigenvalue weighted by atomic mass is 9.80. The number of nitrogens with zero attached hydrogens (tertiary/aromatic N) is 2. The summed E-state index contributed by atoms with van der Waals surface area (Å²) in [6, 6.07) is 26.5. The van der Waals surface area contributed by atoms with Crippen LogP contribution in [0, 0.1) is 6.92 Å². The van der Waals surface area contributed by atoms with Crippen molar-refractivity contribution in [3.8, 4) is 11.5 Å². The molecule has 0 amide bonds. The molecule has 0 spiro atoms. The summed E-state index contributed by atoms with van der Waals surface area (Å²) >= 11 is 0. The third-order valence-corrected chi connectivity index (χ3v) is 18.2. The second kappa shape index (κ2) is 19.9. The van der Waals surface area contributed by atoms with Crippen molar-refractivity contribution in [2.45, 2.75) is 101 Å². The number of hydrogen-bond acceptors (Lipinski definition) is 12.